The summed E-state index contributed by atoms with van der Waals surface area (Å²) in [5.41, 5.74) is 4.31. The molecule has 0 amide bonds. The molecule has 2 rings (SSSR count). The number of aliphatic imine (C=N–C) groups is 2. The first-order valence-corrected chi connectivity index (χ1v) is 11.8. The summed E-state index contributed by atoms with van der Waals surface area (Å²) in [5, 5.41) is 22.2. The smallest absolute Gasteiger partial charge is 0.542 e. The van der Waals surface area contributed by atoms with Gasteiger partial charge in [0.1, 0.15) is 11.9 Å². The number of rotatable bonds is 6. The number of likely N-dealkylation sites (N-methyl/N-ethyl adjacent to an activating group) is 2. The number of carboxylic acids is 2. The van der Waals surface area contributed by atoms with E-state index in [-0.39, 0.29) is 40.5 Å². The number of nitrogens with zero attached hydrogens (tertiary/aromatic N) is 4. The third-order valence-electron chi connectivity index (χ3n) is 5.33. The molecule has 0 saturated carbocycles. The molecule has 0 bridgehead atoms. The van der Waals surface area contributed by atoms with Gasteiger partial charge >= 0.3 is 16.8 Å². The molecule has 2 aliphatic carbocycles. The van der Waals surface area contributed by atoms with Crippen molar-refractivity contribution in [1.29, 1.82) is 0 Å². The molecule has 0 aromatic heterocycles. The molecule has 35 heavy (non-hydrogen) atoms. The molecule has 2 aliphatic rings. The van der Waals surface area contributed by atoms with Gasteiger partial charge in [0, 0.05) is 50.4 Å². The summed E-state index contributed by atoms with van der Waals surface area (Å²) in [6.07, 6.45) is 11.4. The SMILES string of the molecule is CCC1=C(N(C)C(=NC(C)C)C(=O)[O-])CC=C1.CCC1=C(N(C)C(=NC(C)C)C(=O)[O-])CC=C1.[Co+2]. The fourth-order valence-corrected chi connectivity index (χ4v) is 3.73. The Balaban J connectivity index is 0.000000642. The average Bonchev–Trinajstić information content (AvgIpc) is 3.43. The Bertz CT molecular complexity index is 867. The minimum Gasteiger partial charge on any atom is -0.542 e. The molecule has 8 nitrogen and oxygen atoms in total. The van der Waals surface area contributed by atoms with Crippen LogP contribution < -0.4 is 10.2 Å². The third-order valence-corrected chi connectivity index (χ3v) is 5.33. The van der Waals surface area contributed by atoms with Gasteiger partial charge < -0.3 is 29.6 Å². The molecule has 0 aromatic rings. The zero-order valence-corrected chi connectivity index (χ0v) is 23.1. The first-order valence-electron chi connectivity index (χ1n) is 11.8. The molecule has 9 heteroatoms. The van der Waals surface area contributed by atoms with Crippen LogP contribution in [0.1, 0.15) is 67.2 Å². The summed E-state index contributed by atoms with van der Waals surface area (Å²) in [6.45, 7) is 11.5. The molecule has 0 N–H and O–H groups in total. The van der Waals surface area contributed by atoms with Gasteiger partial charge in [-0.3, -0.25) is 9.98 Å². The van der Waals surface area contributed by atoms with Crippen molar-refractivity contribution in [3.63, 3.8) is 0 Å². The van der Waals surface area contributed by atoms with Gasteiger partial charge in [-0.25, -0.2) is 0 Å². The van der Waals surface area contributed by atoms with Crippen LogP contribution in [0.3, 0.4) is 0 Å². The second-order valence-electron chi connectivity index (χ2n) is 8.65. The molecule has 0 atom stereocenters. The van der Waals surface area contributed by atoms with Crippen LogP contribution >= 0.6 is 0 Å². The zero-order valence-electron chi connectivity index (χ0n) is 22.0. The number of hydrogen-bond acceptors (Lipinski definition) is 6. The Morgan fingerprint density at radius 2 is 1.11 bits per heavy atom. The number of allylic oxidation sites excluding steroid dienone is 6. The van der Waals surface area contributed by atoms with Crippen LogP contribution in [0.25, 0.3) is 0 Å². The molecule has 0 heterocycles. The number of carbonyl (C=O) groups is 2. The Hall–Kier alpha value is -2.65. The van der Waals surface area contributed by atoms with Crippen molar-refractivity contribution in [2.24, 2.45) is 9.98 Å². The molecule has 0 aromatic carbocycles. The topological polar surface area (TPSA) is 111 Å². The monoisotopic (exact) mass is 529 g/mol. The quantitative estimate of drug-likeness (QED) is 0.385. The maximum atomic E-state index is 11.1. The summed E-state index contributed by atoms with van der Waals surface area (Å²) in [7, 11) is 3.46. The predicted molar refractivity (Wildman–Crippen MR) is 133 cm³/mol. The van der Waals surface area contributed by atoms with Gasteiger partial charge in [0.05, 0.1) is 0 Å². The summed E-state index contributed by atoms with van der Waals surface area (Å²) < 4.78 is 0. The van der Waals surface area contributed by atoms with Crippen LogP contribution in [0.4, 0.5) is 0 Å². The van der Waals surface area contributed by atoms with E-state index >= 15 is 0 Å². The fraction of sp³-hybridized carbons (Fsp3) is 0.538. The first kappa shape index (κ1) is 32.3. The van der Waals surface area contributed by atoms with E-state index < -0.39 is 11.9 Å². The Kier molecular flexibility index (Phi) is 14.2. The number of amidine groups is 2. The van der Waals surface area contributed by atoms with Gasteiger partial charge in [0.15, 0.2) is 11.7 Å². The zero-order chi connectivity index (χ0) is 26.0. The Morgan fingerprint density at radius 3 is 1.34 bits per heavy atom. The molecular weight excluding hydrogens is 491 g/mol. The van der Waals surface area contributed by atoms with Gasteiger partial charge in [-0.05, 0) is 51.7 Å². The molecular formula is C26H38CoN4O4. The van der Waals surface area contributed by atoms with Crippen LogP contribution in [-0.4, -0.2) is 59.6 Å². The first-order chi connectivity index (χ1) is 15.9. The maximum Gasteiger partial charge on any atom is 2.00 e. The van der Waals surface area contributed by atoms with Crippen molar-refractivity contribution in [3.05, 3.63) is 46.8 Å². The summed E-state index contributed by atoms with van der Waals surface area (Å²) in [5.74, 6) is -2.44. The van der Waals surface area contributed by atoms with Crippen molar-refractivity contribution >= 4 is 23.6 Å². The third kappa shape index (κ3) is 9.49. The van der Waals surface area contributed by atoms with Crippen LogP contribution in [-0.2, 0) is 26.4 Å². The molecule has 0 fully saturated rings. The fourth-order valence-electron chi connectivity index (χ4n) is 3.73. The van der Waals surface area contributed by atoms with E-state index in [2.05, 4.69) is 23.8 Å². The molecule has 195 valence electrons. The summed E-state index contributed by atoms with van der Waals surface area (Å²) in [6, 6.07) is -0.129. The van der Waals surface area contributed by atoms with Crippen molar-refractivity contribution in [2.45, 2.75) is 79.3 Å². The minimum atomic E-state index is -1.23. The van der Waals surface area contributed by atoms with Crippen LogP contribution in [0.15, 0.2) is 56.8 Å². The standard InChI is InChI=1S/2C13H20N2O2.Co/c2*1-5-10-7-6-8-11(10)15(4)12(13(16)17)14-9(2)3;/h2*6-7,9H,5,8H2,1-4H3,(H,16,17);/q;;+2/p-2. The summed E-state index contributed by atoms with van der Waals surface area (Å²) >= 11 is 0. The van der Waals surface area contributed by atoms with Crippen molar-refractivity contribution < 1.29 is 36.6 Å². The van der Waals surface area contributed by atoms with Gasteiger partial charge in [0.2, 0.25) is 0 Å². The van der Waals surface area contributed by atoms with E-state index in [4.69, 9.17) is 0 Å². The van der Waals surface area contributed by atoms with Gasteiger partial charge in [-0.1, -0.05) is 38.2 Å². The second-order valence-corrected chi connectivity index (χ2v) is 8.65. The van der Waals surface area contributed by atoms with Crippen LogP contribution in [0, 0.1) is 0 Å². The van der Waals surface area contributed by atoms with Crippen LogP contribution in [0.5, 0.6) is 0 Å². The molecule has 0 aliphatic heterocycles. The number of aliphatic carboxylic acids is 2. The van der Waals surface area contributed by atoms with E-state index in [1.807, 2.05) is 52.0 Å². The van der Waals surface area contributed by atoms with E-state index in [1.54, 1.807) is 23.9 Å². The van der Waals surface area contributed by atoms with Crippen molar-refractivity contribution in [1.82, 2.24) is 9.80 Å². The Labute approximate surface area is 220 Å². The second kappa shape index (κ2) is 15.4. The molecule has 0 spiro atoms. The number of carbonyl (C=O) groups excluding carboxylic acids is 2. The molecule has 0 unspecified atom stereocenters. The minimum absolute atomic E-state index is 0. The normalized spacial score (nSPS) is 15.5. The van der Waals surface area contributed by atoms with Gasteiger partial charge in [-0.2, -0.15) is 0 Å². The largest absolute Gasteiger partial charge is 2.00 e. The van der Waals surface area contributed by atoms with Crippen molar-refractivity contribution in [3.8, 4) is 0 Å². The van der Waals surface area contributed by atoms with Crippen molar-refractivity contribution in [2.75, 3.05) is 14.1 Å². The van der Waals surface area contributed by atoms with Crippen LogP contribution in [0.2, 0.25) is 0 Å². The molecule has 1 radical (unpaired) electrons. The van der Waals surface area contributed by atoms with E-state index in [0.29, 0.717) is 0 Å². The molecule has 0 saturated heterocycles. The predicted octanol–water partition coefficient (Wildman–Crippen LogP) is 2.20. The number of carboxylic acid groups (broad SMARTS) is 2. The van der Waals surface area contributed by atoms with Gasteiger partial charge in [-0.15, -0.1) is 0 Å². The van der Waals surface area contributed by atoms with Gasteiger partial charge in [0.25, 0.3) is 0 Å². The van der Waals surface area contributed by atoms with E-state index in [1.165, 1.54) is 0 Å². The summed E-state index contributed by atoms with van der Waals surface area (Å²) in [4.78, 5) is 33.7. The van der Waals surface area contributed by atoms with E-state index in [0.717, 1.165) is 48.2 Å². The average molecular weight is 530 g/mol. The Morgan fingerprint density at radius 1 is 0.800 bits per heavy atom. The number of hydrogen-bond donors (Lipinski definition) is 0. The van der Waals surface area contributed by atoms with E-state index in [9.17, 15) is 19.8 Å². The maximum absolute atomic E-state index is 11.1.